The van der Waals surface area contributed by atoms with Crippen LogP contribution in [0.3, 0.4) is 0 Å². The first kappa shape index (κ1) is 30.8. The van der Waals surface area contributed by atoms with Crippen LogP contribution in [-0.4, -0.2) is 93.1 Å². The molecule has 1 saturated heterocycles. The monoisotopic (exact) mass is 588 g/mol. The summed E-state index contributed by atoms with van der Waals surface area (Å²) < 4.78 is 23.9. The summed E-state index contributed by atoms with van der Waals surface area (Å²) in [7, 11) is 0. The van der Waals surface area contributed by atoms with Gasteiger partial charge in [0, 0.05) is 32.1 Å². The van der Waals surface area contributed by atoms with Crippen molar-refractivity contribution in [3.05, 3.63) is 47.0 Å². The molecule has 2 saturated carbocycles. The van der Waals surface area contributed by atoms with Crippen molar-refractivity contribution in [2.24, 2.45) is 16.7 Å². The zero-order chi connectivity index (χ0) is 30.8. The van der Waals surface area contributed by atoms with Gasteiger partial charge in [-0.2, -0.15) is 0 Å². The molecule has 0 amide bonds. The molecule has 11 heteroatoms. The first-order chi connectivity index (χ1) is 19.7. The molecule has 2 bridgehead atoms. The van der Waals surface area contributed by atoms with Gasteiger partial charge < -0.3 is 39.4 Å². The van der Waals surface area contributed by atoms with Crippen molar-refractivity contribution >= 4 is 17.7 Å². The van der Waals surface area contributed by atoms with E-state index in [1.807, 2.05) is 30.3 Å². The average Bonchev–Trinajstić information content (AvgIpc) is 2.91. The molecule has 0 unspecified atom stereocenters. The Labute approximate surface area is 244 Å². The Morgan fingerprint density at radius 2 is 1.76 bits per heavy atom. The van der Waals surface area contributed by atoms with E-state index in [9.17, 15) is 34.8 Å². The SMILES string of the molecule is CC(=O)O[C@@H]1C(=O)[C@]2(CO)[C@@H](O)C[C@@H]3OC[C@@]3(OC(C)=O)[C@@H]2[C@H](OCc2ccccc2)[C@]2(O)C[C@H](O)C(C)=C1C2(C)C. The van der Waals surface area contributed by atoms with Crippen LogP contribution in [0.4, 0.5) is 0 Å². The zero-order valence-corrected chi connectivity index (χ0v) is 24.5. The second-order valence-corrected chi connectivity index (χ2v) is 12.7. The van der Waals surface area contributed by atoms with Gasteiger partial charge in [-0.25, -0.2) is 0 Å². The molecule has 42 heavy (non-hydrogen) atoms. The Morgan fingerprint density at radius 3 is 2.31 bits per heavy atom. The Balaban J connectivity index is 1.84. The maximum Gasteiger partial charge on any atom is 0.303 e. The number of aliphatic hydroxyl groups is 4. The molecule has 4 aliphatic rings. The summed E-state index contributed by atoms with van der Waals surface area (Å²) in [5.74, 6) is -3.70. The number of hydrogen-bond acceptors (Lipinski definition) is 11. The molecule has 1 aliphatic heterocycles. The van der Waals surface area contributed by atoms with Crippen LogP contribution in [0.25, 0.3) is 0 Å². The normalized spacial score (nSPS) is 40.5. The first-order valence-corrected chi connectivity index (χ1v) is 14.3. The van der Waals surface area contributed by atoms with E-state index in [2.05, 4.69) is 0 Å². The molecular formula is C31H40O11. The quantitative estimate of drug-likeness (QED) is 0.276. The van der Waals surface area contributed by atoms with Crippen LogP contribution in [0.5, 0.6) is 0 Å². The lowest BCUT2D eigenvalue weighted by Crippen LogP contribution is -2.82. The van der Waals surface area contributed by atoms with Gasteiger partial charge in [-0.1, -0.05) is 44.2 Å². The van der Waals surface area contributed by atoms with Gasteiger partial charge in [-0.15, -0.1) is 0 Å². The second-order valence-electron chi connectivity index (χ2n) is 12.7. The van der Waals surface area contributed by atoms with Crippen LogP contribution in [0.2, 0.25) is 0 Å². The van der Waals surface area contributed by atoms with E-state index in [-0.39, 0.29) is 31.6 Å². The van der Waals surface area contributed by atoms with E-state index in [0.29, 0.717) is 5.57 Å². The van der Waals surface area contributed by atoms with E-state index in [0.717, 1.165) is 12.5 Å². The fraction of sp³-hybridized carbons (Fsp3) is 0.645. The molecule has 230 valence electrons. The number of ketones is 1. The van der Waals surface area contributed by atoms with Crippen molar-refractivity contribution < 1.29 is 53.8 Å². The van der Waals surface area contributed by atoms with Gasteiger partial charge in [-0.3, -0.25) is 14.4 Å². The highest BCUT2D eigenvalue weighted by Gasteiger charge is 2.78. The number of rotatable bonds is 6. The van der Waals surface area contributed by atoms with Crippen molar-refractivity contribution in [1.82, 2.24) is 0 Å². The second kappa shape index (κ2) is 10.5. The third-order valence-electron chi connectivity index (χ3n) is 10.2. The number of aliphatic hydroxyl groups excluding tert-OH is 3. The summed E-state index contributed by atoms with van der Waals surface area (Å²) in [6, 6.07) is 9.10. The lowest BCUT2D eigenvalue weighted by atomic mass is 9.44. The summed E-state index contributed by atoms with van der Waals surface area (Å²) in [6.07, 6.45) is -7.14. The highest BCUT2D eigenvalue weighted by molar-refractivity contribution is 5.95. The predicted octanol–water partition coefficient (Wildman–Crippen LogP) is 0.985. The molecule has 5 rings (SSSR count). The minimum atomic E-state index is -2.12. The van der Waals surface area contributed by atoms with Crippen LogP contribution in [0, 0.1) is 16.7 Å². The van der Waals surface area contributed by atoms with Gasteiger partial charge in [0.1, 0.15) is 11.7 Å². The smallest absolute Gasteiger partial charge is 0.303 e. The number of carbonyl (C=O) groups is 3. The molecule has 3 fully saturated rings. The molecule has 0 radical (unpaired) electrons. The summed E-state index contributed by atoms with van der Waals surface area (Å²) in [5.41, 5.74) is -5.79. The number of benzene rings is 1. The maximum absolute atomic E-state index is 14.9. The summed E-state index contributed by atoms with van der Waals surface area (Å²) in [5, 5.41) is 47.1. The topological polar surface area (TPSA) is 169 Å². The van der Waals surface area contributed by atoms with E-state index in [4.69, 9.17) is 18.9 Å². The molecule has 4 N–H and O–H groups in total. The van der Waals surface area contributed by atoms with Crippen molar-refractivity contribution in [1.29, 1.82) is 0 Å². The summed E-state index contributed by atoms with van der Waals surface area (Å²) in [6.45, 7) is 6.13. The van der Waals surface area contributed by atoms with Gasteiger partial charge in [0.15, 0.2) is 17.5 Å². The van der Waals surface area contributed by atoms with Gasteiger partial charge >= 0.3 is 11.9 Å². The van der Waals surface area contributed by atoms with Crippen LogP contribution >= 0.6 is 0 Å². The van der Waals surface area contributed by atoms with E-state index >= 15 is 0 Å². The maximum atomic E-state index is 14.9. The molecule has 1 aromatic rings. The highest BCUT2D eigenvalue weighted by Crippen LogP contribution is 2.64. The fourth-order valence-corrected chi connectivity index (χ4v) is 8.07. The van der Waals surface area contributed by atoms with Crippen molar-refractivity contribution in [3.8, 4) is 0 Å². The first-order valence-electron chi connectivity index (χ1n) is 14.3. The number of hydrogen-bond donors (Lipinski definition) is 4. The lowest BCUT2D eigenvalue weighted by molar-refractivity contribution is -0.356. The standard InChI is InChI=1S/C31H40O11/c1-16-20(35)12-31(38)27(39-13-19-9-7-6-8-10-19)25-29(14-32,21(36)11-22-30(25,15-40-22)42-18(3)34)26(37)24(41-17(2)33)23(16)28(31,4)5/h6-10,20-22,24-25,27,32,35-36,38H,11-15H2,1-5H3/t20-,21-,22-,24-,25+,27-,29+,30-,31+/m0/s1. The average molecular weight is 589 g/mol. The van der Waals surface area contributed by atoms with Crippen LogP contribution in [-0.2, 0) is 39.9 Å². The van der Waals surface area contributed by atoms with Gasteiger partial charge in [0.2, 0.25) is 0 Å². The Bertz CT molecular complexity index is 1290. The van der Waals surface area contributed by atoms with E-state index in [1.54, 1.807) is 20.8 Å². The number of fused-ring (bicyclic) bond motifs is 5. The molecule has 3 aliphatic carbocycles. The fourth-order valence-electron chi connectivity index (χ4n) is 8.07. The van der Waals surface area contributed by atoms with Crippen molar-refractivity contribution in [3.63, 3.8) is 0 Å². The minimum Gasteiger partial charge on any atom is -0.454 e. The number of carbonyl (C=O) groups excluding carboxylic acids is 3. The Morgan fingerprint density at radius 1 is 1.10 bits per heavy atom. The number of ether oxygens (including phenoxy) is 4. The van der Waals surface area contributed by atoms with Gasteiger partial charge in [0.05, 0.1) is 49.5 Å². The third kappa shape index (κ3) is 4.20. The number of esters is 2. The largest absolute Gasteiger partial charge is 0.454 e. The van der Waals surface area contributed by atoms with Crippen LogP contribution < -0.4 is 0 Å². The predicted molar refractivity (Wildman–Crippen MR) is 146 cm³/mol. The Kier molecular flexibility index (Phi) is 7.69. The van der Waals surface area contributed by atoms with E-state index < -0.39 is 82.8 Å². The molecular weight excluding hydrogens is 548 g/mol. The molecule has 11 nitrogen and oxygen atoms in total. The van der Waals surface area contributed by atoms with Crippen molar-refractivity contribution in [2.45, 2.75) is 95.8 Å². The molecule has 0 spiro atoms. The molecule has 0 aromatic heterocycles. The highest BCUT2D eigenvalue weighted by atomic mass is 16.6. The Hall–Kier alpha value is -2.67. The molecule has 1 heterocycles. The van der Waals surface area contributed by atoms with E-state index in [1.165, 1.54) is 6.92 Å². The lowest BCUT2D eigenvalue weighted by Gasteiger charge is -2.68. The summed E-state index contributed by atoms with van der Waals surface area (Å²) in [4.78, 5) is 39.9. The molecule has 9 atom stereocenters. The van der Waals surface area contributed by atoms with Gasteiger partial charge in [-0.05, 0) is 23.6 Å². The summed E-state index contributed by atoms with van der Waals surface area (Å²) >= 11 is 0. The third-order valence-corrected chi connectivity index (χ3v) is 10.2. The van der Waals surface area contributed by atoms with Crippen molar-refractivity contribution in [2.75, 3.05) is 13.2 Å². The van der Waals surface area contributed by atoms with Crippen LogP contribution in [0.1, 0.15) is 53.0 Å². The minimum absolute atomic E-state index is 0.0463. The molecule has 1 aromatic carbocycles. The number of Topliss-reactive ketones (excluding diaryl/α,β-unsaturated/α-hetero) is 1. The van der Waals surface area contributed by atoms with Crippen LogP contribution in [0.15, 0.2) is 41.5 Å². The zero-order valence-electron chi connectivity index (χ0n) is 24.5. The van der Waals surface area contributed by atoms with Gasteiger partial charge in [0.25, 0.3) is 0 Å².